The summed E-state index contributed by atoms with van der Waals surface area (Å²) in [6.45, 7) is 23.6. The molecule has 312 valence electrons. The monoisotopic (exact) mass is 1420 g/mol. The summed E-state index contributed by atoms with van der Waals surface area (Å²) in [5.74, 6) is 4.17. The van der Waals surface area contributed by atoms with Gasteiger partial charge in [-0.15, -0.1) is 0 Å². The summed E-state index contributed by atoms with van der Waals surface area (Å²) in [4.78, 5) is 0. The van der Waals surface area contributed by atoms with Gasteiger partial charge in [0.15, 0.2) is 0 Å². The molecular weight excluding hydrogens is 1370 g/mol. The van der Waals surface area contributed by atoms with Crippen LogP contribution in [-0.4, -0.2) is 67.9 Å². The zero-order chi connectivity index (χ0) is 44.0. The van der Waals surface area contributed by atoms with E-state index in [-0.39, 0.29) is 0 Å². The molecule has 0 aliphatic carbocycles. The zero-order valence-electron chi connectivity index (χ0n) is 34.6. The van der Waals surface area contributed by atoms with Crippen LogP contribution in [0.3, 0.4) is 0 Å². The van der Waals surface area contributed by atoms with Crippen molar-refractivity contribution in [2.24, 2.45) is 0 Å². The standard InChI is InChI=1S/6C8H8O.C6H3.3Bi/c6*1-2-7-3-5-8(9)6-4-7;1-2-4-6-5-3-1;;;/h6*2-6,9H,1H2;1,4-5H;;;/q;;;;;;;3*+2/p-6. The van der Waals surface area contributed by atoms with Crippen LogP contribution in [0.15, 0.2) is 203 Å². The Labute approximate surface area is 398 Å². The maximum atomic E-state index is 6.98. The minimum absolute atomic E-state index is 0.696. The van der Waals surface area contributed by atoms with E-state index in [9.17, 15) is 0 Å². The van der Waals surface area contributed by atoms with Crippen molar-refractivity contribution in [1.29, 1.82) is 0 Å². The number of hydrogen-bond acceptors (Lipinski definition) is 6. The normalized spacial score (nSPS) is 10.7. The first-order valence-corrected chi connectivity index (χ1v) is 33.6. The van der Waals surface area contributed by atoms with Gasteiger partial charge in [-0.1, -0.05) is 0 Å². The van der Waals surface area contributed by atoms with E-state index < -0.39 is 67.9 Å². The molecule has 9 heteroatoms. The van der Waals surface area contributed by atoms with E-state index in [2.05, 4.69) is 57.7 Å². The average Bonchev–Trinajstić information content (AvgIpc) is 3.34. The Morgan fingerprint density at radius 3 is 0.508 bits per heavy atom. The van der Waals surface area contributed by atoms with Crippen molar-refractivity contribution in [3.63, 3.8) is 0 Å². The zero-order valence-corrected chi connectivity index (χ0v) is 45.0. The molecular formula is C54H45Bi3O6. The summed E-state index contributed by atoms with van der Waals surface area (Å²) in [5.41, 5.74) is 5.92. The molecule has 0 radical (unpaired) electrons. The summed E-state index contributed by atoms with van der Waals surface area (Å²) in [5, 5.41) is 0. The van der Waals surface area contributed by atoms with Crippen molar-refractivity contribution in [2.45, 2.75) is 0 Å². The first-order chi connectivity index (χ1) is 30.8. The van der Waals surface area contributed by atoms with Crippen LogP contribution in [0.4, 0.5) is 0 Å². The van der Waals surface area contributed by atoms with E-state index in [0.717, 1.165) is 43.2 Å². The van der Waals surface area contributed by atoms with E-state index >= 15 is 0 Å². The molecule has 0 heterocycles. The van der Waals surface area contributed by atoms with Crippen LogP contribution in [0.1, 0.15) is 33.4 Å². The minimum atomic E-state index is -3.78. The van der Waals surface area contributed by atoms with Crippen molar-refractivity contribution in [3.05, 3.63) is 237 Å². The van der Waals surface area contributed by atoms with Gasteiger partial charge < -0.3 is 0 Å². The first kappa shape index (κ1) is 45.5. The molecule has 0 aromatic heterocycles. The maximum absolute atomic E-state index is 6.98. The third-order valence-corrected chi connectivity index (χ3v) is 26.1. The van der Waals surface area contributed by atoms with Crippen LogP contribution in [0.25, 0.3) is 36.5 Å². The Morgan fingerprint density at radius 1 is 0.238 bits per heavy atom. The average molecular weight is 1420 g/mol. The predicted molar refractivity (Wildman–Crippen MR) is 266 cm³/mol. The van der Waals surface area contributed by atoms with Gasteiger partial charge in [-0.2, -0.15) is 0 Å². The van der Waals surface area contributed by atoms with Gasteiger partial charge in [0.2, 0.25) is 0 Å². The first-order valence-electron chi connectivity index (χ1n) is 19.8. The molecule has 0 fully saturated rings. The second-order valence-electron chi connectivity index (χ2n) is 13.7. The molecule has 0 unspecified atom stereocenters. The number of rotatable bonds is 21. The number of benzene rings is 7. The van der Waals surface area contributed by atoms with Crippen molar-refractivity contribution in [2.75, 3.05) is 0 Å². The van der Waals surface area contributed by atoms with E-state index in [1.54, 1.807) is 0 Å². The second kappa shape index (κ2) is 22.7. The van der Waals surface area contributed by atoms with Crippen molar-refractivity contribution in [3.8, 4) is 34.5 Å². The number of hydrogen-bond donors (Lipinski definition) is 0. The van der Waals surface area contributed by atoms with Crippen LogP contribution >= 0.6 is 0 Å². The Morgan fingerprint density at radius 2 is 0.381 bits per heavy atom. The third-order valence-electron chi connectivity index (χ3n) is 9.34. The van der Waals surface area contributed by atoms with Crippen molar-refractivity contribution >= 4 is 114 Å². The van der Waals surface area contributed by atoms with Gasteiger partial charge in [0, 0.05) is 0 Å². The van der Waals surface area contributed by atoms with Gasteiger partial charge in [0.25, 0.3) is 0 Å². The molecule has 0 amide bonds. The van der Waals surface area contributed by atoms with Gasteiger partial charge in [-0.25, -0.2) is 0 Å². The molecule has 0 aliphatic heterocycles. The van der Waals surface area contributed by atoms with Crippen LogP contribution in [-0.2, 0) is 0 Å². The molecule has 63 heavy (non-hydrogen) atoms. The van der Waals surface area contributed by atoms with E-state index in [1.807, 2.05) is 182 Å². The van der Waals surface area contributed by atoms with E-state index in [4.69, 9.17) is 16.9 Å². The topological polar surface area (TPSA) is 55.4 Å². The Balaban J connectivity index is 1.41. The molecule has 0 aliphatic rings. The molecule has 0 saturated carbocycles. The van der Waals surface area contributed by atoms with Crippen LogP contribution in [0.5, 0.6) is 34.5 Å². The molecule has 0 atom stereocenters. The molecule has 6 nitrogen and oxygen atoms in total. The summed E-state index contributed by atoms with van der Waals surface area (Å²) in [6, 6.07) is 53.7. The fourth-order valence-electron chi connectivity index (χ4n) is 5.83. The van der Waals surface area contributed by atoms with Gasteiger partial charge in [0.1, 0.15) is 0 Å². The predicted octanol–water partition coefficient (Wildman–Crippen LogP) is 11.1. The molecule has 0 spiro atoms. The molecule has 7 aromatic carbocycles. The van der Waals surface area contributed by atoms with Gasteiger partial charge in [-0.3, -0.25) is 0 Å². The van der Waals surface area contributed by atoms with E-state index in [0.29, 0.717) is 34.5 Å². The molecule has 7 aromatic rings. The molecule has 7 rings (SSSR count). The Kier molecular flexibility index (Phi) is 16.4. The van der Waals surface area contributed by atoms with Crippen LogP contribution in [0.2, 0.25) is 0 Å². The second-order valence-corrected chi connectivity index (χ2v) is 29.9. The van der Waals surface area contributed by atoms with Gasteiger partial charge >= 0.3 is 402 Å². The fraction of sp³-hybridized carbons (Fsp3) is 0. The summed E-state index contributed by atoms with van der Waals surface area (Å²) >= 11 is -11.3. The quantitative estimate of drug-likeness (QED) is 0.0669. The summed E-state index contributed by atoms with van der Waals surface area (Å²) in [6.07, 6.45) is 10.9. The van der Waals surface area contributed by atoms with Crippen LogP contribution in [0, 0.1) is 0 Å². The molecule has 0 N–H and O–H groups in total. The Hall–Kier alpha value is -5.57. The SMILES string of the molecule is C=Cc1ccc([O][Bi]([O]c2ccc(C=C)cc2)[c]2c[c]([Bi]([O]c3ccc(C=C)cc3)[O]c3ccc(C=C)cc3)c[c]([Bi]([O]c3ccc(C=C)cc3)[O]c3ccc(C=C)cc3)c2)cc1. The van der Waals surface area contributed by atoms with Crippen molar-refractivity contribution in [1.82, 2.24) is 0 Å². The molecule has 0 bridgehead atoms. The fourth-order valence-corrected chi connectivity index (χ4v) is 26.8. The Bertz CT molecular complexity index is 2190. The third kappa shape index (κ3) is 12.8. The summed E-state index contributed by atoms with van der Waals surface area (Å²) in [7, 11) is 0. The summed E-state index contributed by atoms with van der Waals surface area (Å²) < 4.78 is 44.6. The van der Waals surface area contributed by atoms with Crippen LogP contribution < -0.4 is 26.7 Å². The molecule has 0 saturated heterocycles. The van der Waals surface area contributed by atoms with E-state index in [1.165, 1.54) is 0 Å². The van der Waals surface area contributed by atoms with Gasteiger partial charge in [-0.05, 0) is 0 Å². The van der Waals surface area contributed by atoms with Gasteiger partial charge in [0.05, 0.1) is 0 Å². The van der Waals surface area contributed by atoms with Crippen molar-refractivity contribution < 1.29 is 16.9 Å².